The second kappa shape index (κ2) is 9.42. The average molecular weight is 455 g/mol. The number of nitrogens with zero attached hydrogens (tertiary/aromatic N) is 2. The van der Waals surface area contributed by atoms with Gasteiger partial charge in [-0.25, -0.2) is 0 Å². The third kappa shape index (κ3) is 4.80. The lowest BCUT2D eigenvalue weighted by atomic mass is 9.88. The van der Waals surface area contributed by atoms with Crippen molar-refractivity contribution in [2.24, 2.45) is 0 Å². The van der Waals surface area contributed by atoms with Crippen LogP contribution in [-0.2, 0) is 11.3 Å². The summed E-state index contributed by atoms with van der Waals surface area (Å²) in [6, 6.07) is 15.6. The fourth-order valence-corrected chi connectivity index (χ4v) is 5.48. The first kappa shape index (κ1) is 21.7. The highest BCUT2D eigenvalue weighted by molar-refractivity contribution is 6.30. The lowest BCUT2D eigenvalue weighted by molar-refractivity contribution is -0.0453. The molecule has 2 aromatic rings. The maximum Gasteiger partial charge on any atom is 0.254 e. The Morgan fingerprint density at radius 2 is 1.84 bits per heavy atom. The van der Waals surface area contributed by atoms with E-state index in [1.54, 1.807) is 0 Å². The number of carbonyl (C=O) groups excluding carboxylic acids is 1. The lowest BCUT2D eigenvalue weighted by Crippen LogP contribution is -2.50. The number of hydrogen-bond donors (Lipinski definition) is 0. The molecule has 3 fully saturated rings. The Kier molecular flexibility index (Phi) is 6.40. The van der Waals surface area contributed by atoms with Crippen molar-refractivity contribution >= 4 is 17.5 Å². The van der Waals surface area contributed by atoms with Gasteiger partial charge in [-0.15, -0.1) is 0 Å². The molecule has 0 bridgehead atoms. The van der Waals surface area contributed by atoms with Crippen molar-refractivity contribution in [1.82, 2.24) is 9.80 Å². The minimum Gasteiger partial charge on any atom is -0.488 e. The highest BCUT2D eigenvalue weighted by Gasteiger charge is 2.45. The predicted molar refractivity (Wildman–Crippen MR) is 125 cm³/mol. The fourth-order valence-electron chi connectivity index (χ4n) is 5.36. The molecule has 1 amide bonds. The first-order chi connectivity index (χ1) is 15.6. The molecular weight excluding hydrogens is 424 g/mol. The van der Waals surface area contributed by atoms with Crippen LogP contribution in [0.3, 0.4) is 0 Å². The minimum atomic E-state index is -0.311. The van der Waals surface area contributed by atoms with Gasteiger partial charge >= 0.3 is 0 Å². The molecule has 170 valence electrons. The Morgan fingerprint density at radius 3 is 2.66 bits per heavy atom. The van der Waals surface area contributed by atoms with Gasteiger partial charge in [-0.05, 0) is 74.7 Å². The molecule has 32 heavy (non-hydrogen) atoms. The highest BCUT2D eigenvalue weighted by atomic mass is 35.5. The Bertz CT molecular complexity index is 944. The standard InChI is InChI=1S/C26H31ClN2O3/c27-21-8-10-22(11-9-21)32-23-16-26(31-18-23)12-5-15-29(19-26)25(30)24-7-2-1-6-20(24)17-28-13-3-4-14-28/h1-2,6-11,23H,3-5,12-19H2/t23-,26+/m1/s1. The summed E-state index contributed by atoms with van der Waals surface area (Å²) >= 11 is 5.98. The van der Waals surface area contributed by atoms with E-state index in [9.17, 15) is 4.79 Å². The number of halogens is 1. The van der Waals surface area contributed by atoms with Crippen LogP contribution in [0.1, 0.15) is 48.0 Å². The predicted octanol–water partition coefficient (Wildman–Crippen LogP) is 4.78. The van der Waals surface area contributed by atoms with Gasteiger partial charge in [-0.2, -0.15) is 0 Å². The van der Waals surface area contributed by atoms with Crippen molar-refractivity contribution in [2.75, 3.05) is 32.8 Å². The fraction of sp³-hybridized carbons (Fsp3) is 0.500. The van der Waals surface area contributed by atoms with E-state index in [1.807, 2.05) is 47.4 Å². The van der Waals surface area contributed by atoms with Crippen molar-refractivity contribution in [3.8, 4) is 5.75 Å². The number of carbonyl (C=O) groups is 1. The van der Waals surface area contributed by atoms with E-state index in [-0.39, 0.29) is 17.6 Å². The van der Waals surface area contributed by atoms with E-state index < -0.39 is 0 Å². The molecule has 3 aliphatic rings. The summed E-state index contributed by atoms with van der Waals surface area (Å²) in [4.78, 5) is 18.0. The maximum atomic E-state index is 13.5. The Labute approximate surface area is 195 Å². The quantitative estimate of drug-likeness (QED) is 0.652. The van der Waals surface area contributed by atoms with Crippen LogP contribution in [0, 0.1) is 0 Å². The summed E-state index contributed by atoms with van der Waals surface area (Å²) < 4.78 is 12.4. The molecule has 2 atom stereocenters. The molecule has 0 radical (unpaired) electrons. The van der Waals surface area contributed by atoms with Crippen LogP contribution in [0.15, 0.2) is 48.5 Å². The molecule has 0 aliphatic carbocycles. The first-order valence-corrected chi connectivity index (χ1v) is 12.1. The summed E-state index contributed by atoms with van der Waals surface area (Å²) in [5.74, 6) is 0.934. The summed E-state index contributed by atoms with van der Waals surface area (Å²) in [6.45, 7) is 5.07. The van der Waals surface area contributed by atoms with Crippen molar-refractivity contribution in [3.05, 3.63) is 64.7 Å². The zero-order valence-electron chi connectivity index (χ0n) is 18.5. The Balaban J connectivity index is 1.25. The van der Waals surface area contributed by atoms with Crippen molar-refractivity contribution in [3.63, 3.8) is 0 Å². The molecule has 0 aromatic heterocycles. The third-order valence-electron chi connectivity index (χ3n) is 6.96. The normalized spacial score (nSPS) is 26.0. The van der Waals surface area contributed by atoms with Crippen molar-refractivity contribution in [2.45, 2.75) is 50.4 Å². The molecular formula is C26H31ClN2O3. The van der Waals surface area contributed by atoms with Crippen molar-refractivity contribution < 1.29 is 14.3 Å². The largest absolute Gasteiger partial charge is 0.488 e. The molecule has 6 heteroatoms. The van der Waals surface area contributed by atoms with Crippen LogP contribution in [0.5, 0.6) is 5.75 Å². The zero-order chi connectivity index (χ0) is 22.0. The van der Waals surface area contributed by atoms with E-state index in [4.69, 9.17) is 21.1 Å². The van der Waals surface area contributed by atoms with Gasteiger partial charge in [0.15, 0.2) is 0 Å². The molecule has 0 N–H and O–H groups in total. The van der Waals surface area contributed by atoms with Crippen LogP contribution in [0.4, 0.5) is 0 Å². The van der Waals surface area contributed by atoms with E-state index in [0.717, 1.165) is 62.3 Å². The monoisotopic (exact) mass is 454 g/mol. The lowest BCUT2D eigenvalue weighted by Gasteiger charge is -2.40. The summed E-state index contributed by atoms with van der Waals surface area (Å²) in [5, 5.41) is 0.697. The SMILES string of the molecule is O=C(c1ccccc1CN1CCCC1)N1CCC[C@]2(C[C@@H](Oc3ccc(Cl)cc3)CO2)C1. The van der Waals surface area contributed by atoms with Crippen LogP contribution >= 0.6 is 11.6 Å². The smallest absolute Gasteiger partial charge is 0.254 e. The van der Waals surface area contributed by atoms with Gasteiger partial charge in [0.1, 0.15) is 11.9 Å². The van der Waals surface area contributed by atoms with Crippen LogP contribution in [0.25, 0.3) is 0 Å². The highest BCUT2D eigenvalue weighted by Crippen LogP contribution is 2.37. The van der Waals surface area contributed by atoms with Crippen LogP contribution in [-0.4, -0.2) is 60.2 Å². The van der Waals surface area contributed by atoms with Gasteiger partial charge in [0.05, 0.1) is 18.8 Å². The number of benzene rings is 2. The van der Waals surface area contributed by atoms with Gasteiger partial charge in [0, 0.05) is 30.1 Å². The number of rotatable bonds is 5. The molecule has 2 aromatic carbocycles. The topological polar surface area (TPSA) is 42.0 Å². The Morgan fingerprint density at radius 1 is 1.06 bits per heavy atom. The Hall–Kier alpha value is -2.08. The molecule has 0 saturated carbocycles. The van der Waals surface area contributed by atoms with E-state index in [0.29, 0.717) is 18.2 Å². The number of likely N-dealkylation sites (tertiary alicyclic amines) is 2. The average Bonchev–Trinajstić information content (AvgIpc) is 3.46. The molecule has 1 spiro atoms. The molecule has 3 saturated heterocycles. The molecule has 0 unspecified atom stereocenters. The zero-order valence-corrected chi connectivity index (χ0v) is 19.2. The third-order valence-corrected chi connectivity index (χ3v) is 7.21. The van der Waals surface area contributed by atoms with Crippen LogP contribution in [0.2, 0.25) is 5.02 Å². The maximum absolute atomic E-state index is 13.5. The number of hydrogen-bond acceptors (Lipinski definition) is 4. The van der Waals surface area contributed by atoms with E-state index >= 15 is 0 Å². The number of ether oxygens (including phenoxy) is 2. The molecule has 3 aliphatic heterocycles. The number of piperidine rings is 1. The molecule has 5 rings (SSSR count). The second-order valence-corrected chi connectivity index (χ2v) is 9.80. The van der Waals surface area contributed by atoms with Gasteiger partial charge < -0.3 is 14.4 Å². The first-order valence-electron chi connectivity index (χ1n) is 11.8. The molecule has 5 nitrogen and oxygen atoms in total. The molecule has 3 heterocycles. The van der Waals surface area contributed by atoms with Gasteiger partial charge in [0.2, 0.25) is 0 Å². The van der Waals surface area contributed by atoms with Crippen LogP contribution < -0.4 is 4.74 Å². The van der Waals surface area contributed by atoms with Crippen molar-refractivity contribution in [1.29, 1.82) is 0 Å². The van der Waals surface area contributed by atoms with Gasteiger partial charge in [-0.1, -0.05) is 29.8 Å². The number of amides is 1. The summed E-state index contributed by atoms with van der Waals surface area (Å²) in [6.07, 6.45) is 5.21. The summed E-state index contributed by atoms with van der Waals surface area (Å²) in [7, 11) is 0. The minimum absolute atomic E-state index is 0.00585. The summed E-state index contributed by atoms with van der Waals surface area (Å²) in [5.41, 5.74) is 1.66. The van der Waals surface area contributed by atoms with E-state index in [1.165, 1.54) is 12.8 Å². The van der Waals surface area contributed by atoms with E-state index in [2.05, 4.69) is 11.0 Å². The second-order valence-electron chi connectivity index (χ2n) is 9.36. The van der Waals surface area contributed by atoms with Gasteiger partial charge in [-0.3, -0.25) is 9.69 Å². The van der Waals surface area contributed by atoms with Gasteiger partial charge in [0.25, 0.3) is 5.91 Å².